The molecule has 0 bridgehead atoms. The molecule has 68 valence electrons. The number of oxazole rings is 1. The minimum absolute atomic E-state index is 0.138. The Morgan fingerprint density at radius 2 is 2.15 bits per heavy atom. The van der Waals surface area contributed by atoms with E-state index in [-0.39, 0.29) is 4.75 Å². The highest BCUT2D eigenvalue weighted by Gasteiger charge is 2.15. The van der Waals surface area contributed by atoms with Crippen molar-refractivity contribution in [2.24, 2.45) is 0 Å². The van der Waals surface area contributed by atoms with Crippen LogP contribution in [-0.4, -0.2) is 4.98 Å². The summed E-state index contributed by atoms with van der Waals surface area (Å²) >= 11 is 4.49. The normalized spacial score (nSPS) is 12.2. The Hall–Kier alpha value is -0.960. The fraction of sp³-hybridized carbons (Fsp3) is 0.300. The van der Waals surface area contributed by atoms with Crippen LogP contribution in [0.5, 0.6) is 0 Å². The largest absolute Gasteiger partial charge is 0.443 e. The summed E-state index contributed by atoms with van der Waals surface area (Å²) in [6, 6.07) is 5.96. The van der Waals surface area contributed by atoms with E-state index < -0.39 is 0 Å². The van der Waals surface area contributed by atoms with Crippen LogP contribution < -0.4 is 0 Å². The van der Waals surface area contributed by atoms with Gasteiger partial charge in [-0.2, -0.15) is 12.6 Å². The molecule has 0 fully saturated rings. The topological polar surface area (TPSA) is 26.0 Å². The lowest BCUT2D eigenvalue weighted by Crippen LogP contribution is -2.06. The van der Waals surface area contributed by atoms with Gasteiger partial charge in [0.15, 0.2) is 12.0 Å². The molecule has 0 radical (unpaired) electrons. The third kappa shape index (κ3) is 1.56. The van der Waals surface area contributed by atoms with Gasteiger partial charge in [-0.15, -0.1) is 0 Å². The zero-order valence-corrected chi connectivity index (χ0v) is 8.51. The SMILES string of the molecule is CC(C)(S)c1ccc2ncoc2c1. The smallest absolute Gasteiger partial charge is 0.181 e. The zero-order valence-electron chi connectivity index (χ0n) is 7.61. The average Bonchev–Trinajstić information content (AvgIpc) is 2.47. The quantitative estimate of drug-likeness (QED) is 0.704. The second-order valence-corrected chi connectivity index (χ2v) is 4.71. The Kier molecular flexibility index (Phi) is 1.84. The monoisotopic (exact) mass is 193 g/mol. The van der Waals surface area contributed by atoms with Gasteiger partial charge in [-0.3, -0.25) is 0 Å². The Morgan fingerprint density at radius 3 is 2.85 bits per heavy atom. The van der Waals surface area contributed by atoms with Crippen LogP contribution in [0, 0.1) is 0 Å². The molecule has 0 saturated carbocycles. The fourth-order valence-corrected chi connectivity index (χ4v) is 1.37. The van der Waals surface area contributed by atoms with Crippen molar-refractivity contribution in [3.8, 4) is 0 Å². The fourth-order valence-electron chi connectivity index (χ4n) is 1.24. The summed E-state index contributed by atoms with van der Waals surface area (Å²) in [5, 5.41) is 0. The highest BCUT2D eigenvalue weighted by atomic mass is 32.1. The van der Waals surface area contributed by atoms with E-state index in [1.165, 1.54) is 6.39 Å². The third-order valence-corrected chi connectivity index (χ3v) is 2.30. The van der Waals surface area contributed by atoms with Crippen molar-refractivity contribution >= 4 is 23.7 Å². The van der Waals surface area contributed by atoms with Gasteiger partial charge in [0.1, 0.15) is 5.52 Å². The molecule has 2 nitrogen and oxygen atoms in total. The minimum Gasteiger partial charge on any atom is -0.443 e. The summed E-state index contributed by atoms with van der Waals surface area (Å²) in [6.45, 7) is 4.10. The van der Waals surface area contributed by atoms with E-state index >= 15 is 0 Å². The van der Waals surface area contributed by atoms with Gasteiger partial charge in [-0.05, 0) is 31.5 Å². The van der Waals surface area contributed by atoms with Crippen molar-refractivity contribution < 1.29 is 4.42 Å². The maximum atomic E-state index is 5.21. The predicted octanol–water partition coefficient (Wildman–Crippen LogP) is 2.99. The highest BCUT2D eigenvalue weighted by molar-refractivity contribution is 7.81. The summed E-state index contributed by atoms with van der Waals surface area (Å²) in [4.78, 5) is 4.05. The Bertz CT molecular complexity index is 428. The van der Waals surface area contributed by atoms with Crippen LogP contribution in [0.15, 0.2) is 29.0 Å². The molecule has 0 atom stereocenters. The Morgan fingerprint density at radius 1 is 1.38 bits per heavy atom. The first-order valence-corrected chi connectivity index (χ1v) is 4.58. The standard InChI is InChI=1S/C10H11NOS/c1-10(2,13)7-3-4-8-9(5-7)12-6-11-8/h3-6,13H,1-2H3. The van der Waals surface area contributed by atoms with E-state index in [2.05, 4.69) is 17.6 Å². The highest BCUT2D eigenvalue weighted by Crippen LogP contribution is 2.29. The van der Waals surface area contributed by atoms with Crippen LogP contribution in [0.25, 0.3) is 11.1 Å². The molecular weight excluding hydrogens is 182 g/mol. The number of benzene rings is 1. The molecule has 13 heavy (non-hydrogen) atoms. The molecule has 0 spiro atoms. The van der Waals surface area contributed by atoms with E-state index in [9.17, 15) is 0 Å². The lowest BCUT2D eigenvalue weighted by Gasteiger charge is -2.17. The molecule has 0 aliphatic rings. The third-order valence-electron chi connectivity index (χ3n) is 2.04. The maximum Gasteiger partial charge on any atom is 0.181 e. The van der Waals surface area contributed by atoms with Gasteiger partial charge in [0, 0.05) is 4.75 Å². The first kappa shape index (κ1) is 8.63. The van der Waals surface area contributed by atoms with Crippen molar-refractivity contribution in [1.82, 2.24) is 4.98 Å². The molecule has 1 heterocycles. The van der Waals surface area contributed by atoms with Crippen LogP contribution in [0.4, 0.5) is 0 Å². The molecule has 3 heteroatoms. The van der Waals surface area contributed by atoms with Crippen LogP contribution in [0.2, 0.25) is 0 Å². The molecule has 0 saturated heterocycles. The van der Waals surface area contributed by atoms with E-state index in [1.807, 2.05) is 32.0 Å². The first-order valence-electron chi connectivity index (χ1n) is 4.13. The van der Waals surface area contributed by atoms with Crippen molar-refractivity contribution in [3.05, 3.63) is 30.2 Å². The molecule has 0 unspecified atom stereocenters. The number of thiol groups is 1. The molecule has 0 aliphatic carbocycles. The molecule has 1 aromatic carbocycles. The number of aromatic nitrogens is 1. The summed E-state index contributed by atoms with van der Waals surface area (Å²) in [6.07, 6.45) is 1.46. The number of hydrogen-bond acceptors (Lipinski definition) is 3. The number of hydrogen-bond donors (Lipinski definition) is 1. The van der Waals surface area contributed by atoms with E-state index in [1.54, 1.807) is 0 Å². The molecular formula is C10H11NOS. The van der Waals surface area contributed by atoms with Crippen LogP contribution >= 0.6 is 12.6 Å². The van der Waals surface area contributed by atoms with Gasteiger partial charge >= 0.3 is 0 Å². The maximum absolute atomic E-state index is 5.21. The first-order chi connectivity index (χ1) is 6.07. The van der Waals surface area contributed by atoms with Crippen LogP contribution in [0.1, 0.15) is 19.4 Å². The van der Waals surface area contributed by atoms with Gasteiger partial charge in [0.05, 0.1) is 0 Å². The van der Waals surface area contributed by atoms with E-state index in [0.29, 0.717) is 0 Å². The number of rotatable bonds is 1. The Labute approximate surface area is 82.4 Å². The van der Waals surface area contributed by atoms with Crippen molar-refractivity contribution in [2.45, 2.75) is 18.6 Å². The van der Waals surface area contributed by atoms with Gasteiger partial charge in [-0.25, -0.2) is 4.98 Å². The van der Waals surface area contributed by atoms with Crippen LogP contribution in [0.3, 0.4) is 0 Å². The predicted molar refractivity (Wildman–Crippen MR) is 56.0 cm³/mol. The molecule has 1 aromatic heterocycles. The van der Waals surface area contributed by atoms with Crippen LogP contribution in [-0.2, 0) is 4.75 Å². The van der Waals surface area contributed by atoms with Crippen molar-refractivity contribution in [2.75, 3.05) is 0 Å². The minimum atomic E-state index is -0.138. The number of fused-ring (bicyclic) bond motifs is 1. The summed E-state index contributed by atoms with van der Waals surface area (Å²) in [7, 11) is 0. The number of nitrogens with zero attached hydrogens (tertiary/aromatic N) is 1. The summed E-state index contributed by atoms with van der Waals surface area (Å²) in [5.74, 6) is 0. The molecule has 0 amide bonds. The molecule has 2 aromatic rings. The van der Waals surface area contributed by atoms with Crippen molar-refractivity contribution in [1.29, 1.82) is 0 Å². The summed E-state index contributed by atoms with van der Waals surface area (Å²) < 4.78 is 5.07. The second kappa shape index (κ2) is 2.77. The van der Waals surface area contributed by atoms with Gasteiger partial charge in [0.25, 0.3) is 0 Å². The lowest BCUT2D eigenvalue weighted by atomic mass is 10.0. The molecule has 0 N–H and O–H groups in total. The molecule has 2 rings (SSSR count). The van der Waals surface area contributed by atoms with Gasteiger partial charge in [-0.1, -0.05) is 6.07 Å². The second-order valence-electron chi connectivity index (χ2n) is 3.59. The van der Waals surface area contributed by atoms with E-state index in [0.717, 1.165) is 16.7 Å². The zero-order chi connectivity index (χ0) is 9.47. The van der Waals surface area contributed by atoms with E-state index in [4.69, 9.17) is 4.42 Å². The van der Waals surface area contributed by atoms with Gasteiger partial charge in [0.2, 0.25) is 0 Å². The molecule has 0 aliphatic heterocycles. The van der Waals surface area contributed by atoms with Crippen molar-refractivity contribution in [3.63, 3.8) is 0 Å². The lowest BCUT2D eigenvalue weighted by molar-refractivity contribution is 0.601. The Balaban J connectivity index is 2.61. The average molecular weight is 193 g/mol. The van der Waals surface area contributed by atoms with Gasteiger partial charge < -0.3 is 4.42 Å². The summed E-state index contributed by atoms with van der Waals surface area (Å²) in [5.41, 5.74) is 2.85.